The summed E-state index contributed by atoms with van der Waals surface area (Å²) in [4.78, 5) is 0. The smallest absolute Gasteiger partial charge is 0.133 e. The van der Waals surface area contributed by atoms with Crippen molar-refractivity contribution in [3.05, 3.63) is 29.3 Å². The van der Waals surface area contributed by atoms with Crippen LogP contribution in [0.1, 0.15) is 12.5 Å². The molecule has 1 aromatic carbocycles. The fraction of sp³-hybridized carbons (Fsp3) is 0.400. The normalized spacial score (nSPS) is 12.6. The van der Waals surface area contributed by atoms with Crippen molar-refractivity contribution in [2.75, 3.05) is 7.11 Å². The molecule has 0 aliphatic rings. The second-order valence-electron chi connectivity index (χ2n) is 3.12. The molecule has 0 spiro atoms. The van der Waals surface area contributed by atoms with Gasteiger partial charge in [0.25, 0.3) is 0 Å². The summed E-state index contributed by atoms with van der Waals surface area (Å²) in [7, 11) is 1.34. The first-order valence-electron chi connectivity index (χ1n) is 4.24. The van der Waals surface area contributed by atoms with Crippen LogP contribution >= 0.6 is 0 Å². The Kier molecular flexibility index (Phi) is 3.41. The highest BCUT2D eigenvalue weighted by atomic mass is 19.1. The zero-order valence-corrected chi connectivity index (χ0v) is 8.05. The summed E-state index contributed by atoms with van der Waals surface area (Å²) >= 11 is 0. The first-order chi connectivity index (χ1) is 6.54. The molecule has 0 saturated heterocycles. The zero-order valence-electron chi connectivity index (χ0n) is 8.05. The molecular formula is C10H12F2O2. The van der Waals surface area contributed by atoms with Crippen LogP contribution in [0.4, 0.5) is 8.78 Å². The molecule has 0 saturated carbocycles. The number of hydrogen-bond donors (Lipinski definition) is 1. The molecule has 1 aromatic rings. The number of aliphatic hydroxyl groups is 1. The molecular weight excluding hydrogens is 190 g/mol. The van der Waals surface area contributed by atoms with E-state index in [9.17, 15) is 8.78 Å². The molecule has 1 rings (SSSR count). The molecule has 2 nitrogen and oxygen atoms in total. The number of rotatable bonds is 3. The Labute approximate surface area is 81.1 Å². The average Bonchev–Trinajstić information content (AvgIpc) is 2.10. The Bertz CT molecular complexity index is 301. The van der Waals surface area contributed by atoms with Crippen LogP contribution in [0.15, 0.2) is 12.1 Å². The molecule has 78 valence electrons. The van der Waals surface area contributed by atoms with Crippen LogP contribution in [0.3, 0.4) is 0 Å². The first-order valence-corrected chi connectivity index (χ1v) is 4.24. The van der Waals surface area contributed by atoms with E-state index in [2.05, 4.69) is 0 Å². The van der Waals surface area contributed by atoms with Crippen LogP contribution < -0.4 is 4.74 Å². The maximum Gasteiger partial charge on any atom is 0.133 e. The highest BCUT2D eigenvalue weighted by Crippen LogP contribution is 2.21. The van der Waals surface area contributed by atoms with Crippen LogP contribution in [0.5, 0.6) is 5.75 Å². The summed E-state index contributed by atoms with van der Waals surface area (Å²) in [6, 6.07) is 2.20. The molecule has 0 fully saturated rings. The molecule has 0 aromatic heterocycles. The fourth-order valence-electron chi connectivity index (χ4n) is 1.19. The van der Waals surface area contributed by atoms with Gasteiger partial charge in [-0.25, -0.2) is 8.78 Å². The fourth-order valence-corrected chi connectivity index (χ4v) is 1.19. The van der Waals surface area contributed by atoms with Crippen LogP contribution in [-0.2, 0) is 6.42 Å². The Hall–Kier alpha value is -1.16. The van der Waals surface area contributed by atoms with Gasteiger partial charge in [0.05, 0.1) is 13.2 Å². The molecule has 14 heavy (non-hydrogen) atoms. The highest BCUT2D eigenvalue weighted by Gasteiger charge is 2.13. The van der Waals surface area contributed by atoms with Crippen molar-refractivity contribution in [2.45, 2.75) is 19.4 Å². The molecule has 0 heterocycles. The number of benzene rings is 1. The lowest BCUT2D eigenvalue weighted by molar-refractivity contribution is 0.192. The molecule has 0 radical (unpaired) electrons. The summed E-state index contributed by atoms with van der Waals surface area (Å²) in [6.07, 6.45) is -0.811. The van der Waals surface area contributed by atoms with Gasteiger partial charge >= 0.3 is 0 Å². The lowest BCUT2D eigenvalue weighted by Gasteiger charge is -2.08. The second-order valence-corrected chi connectivity index (χ2v) is 3.12. The third kappa shape index (κ3) is 2.42. The van der Waals surface area contributed by atoms with Gasteiger partial charge in [0, 0.05) is 24.1 Å². The van der Waals surface area contributed by atoms with Gasteiger partial charge in [0.15, 0.2) is 0 Å². The molecule has 0 bridgehead atoms. The largest absolute Gasteiger partial charge is 0.497 e. The van der Waals surface area contributed by atoms with E-state index in [-0.39, 0.29) is 17.7 Å². The third-order valence-electron chi connectivity index (χ3n) is 1.85. The predicted molar refractivity (Wildman–Crippen MR) is 48.3 cm³/mol. The second kappa shape index (κ2) is 4.37. The van der Waals surface area contributed by atoms with E-state index < -0.39 is 17.7 Å². The van der Waals surface area contributed by atoms with Gasteiger partial charge in [-0.3, -0.25) is 0 Å². The zero-order chi connectivity index (χ0) is 10.7. The van der Waals surface area contributed by atoms with Crippen molar-refractivity contribution in [2.24, 2.45) is 0 Å². The molecule has 0 unspecified atom stereocenters. The van der Waals surface area contributed by atoms with E-state index in [1.54, 1.807) is 0 Å². The summed E-state index contributed by atoms with van der Waals surface area (Å²) < 4.78 is 31.1. The Morgan fingerprint density at radius 3 is 2.21 bits per heavy atom. The molecule has 0 aliphatic carbocycles. The standard InChI is InChI=1S/C10H12F2O2/c1-6(13)3-8-9(11)4-7(14-2)5-10(8)12/h4-6,13H,3H2,1-2H3/t6-/m1/s1. The van der Waals surface area contributed by atoms with Crippen molar-refractivity contribution < 1.29 is 18.6 Å². The van der Waals surface area contributed by atoms with E-state index >= 15 is 0 Å². The van der Waals surface area contributed by atoms with Crippen LogP contribution in [0.25, 0.3) is 0 Å². The van der Waals surface area contributed by atoms with Gasteiger partial charge in [-0.1, -0.05) is 0 Å². The van der Waals surface area contributed by atoms with E-state index in [0.717, 1.165) is 12.1 Å². The molecule has 4 heteroatoms. The minimum Gasteiger partial charge on any atom is -0.497 e. The Morgan fingerprint density at radius 2 is 1.86 bits per heavy atom. The molecule has 1 atom stereocenters. The van der Waals surface area contributed by atoms with Gasteiger partial charge < -0.3 is 9.84 Å². The lowest BCUT2D eigenvalue weighted by atomic mass is 10.1. The Balaban J connectivity index is 3.05. The molecule has 0 amide bonds. The van der Waals surface area contributed by atoms with Crippen LogP contribution in [-0.4, -0.2) is 18.3 Å². The predicted octanol–water partition coefficient (Wildman–Crippen LogP) is 1.90. The van der Waals surface area contributed by atoms with Gasteiger partial charge in [-0.15, -0.1) is 0 Å². The monoisotopic (exact) mass is 202 g/mol. The number of aliphatic hydroxyl groups excluding tert-OH is 1. The molecule has 1 N–H and O–H groups in total. The van der Waals surface area contributed by atoms with Crippen molar-refractivity contribution >= 4 is 0 Å². The lowest BCUT2D eigenvalue weighted by Crippen LogP contribution is -2.08. The van der Waals surface area contributed by atoms with Crippen molar-refractivity contribution in [1.29, 1.82) is 0 Å². The van der Waals surface area contributed by atoms with Crippen molar-refractivity contribution in [3.8, 4) is 5.75 Å². The number of halogens is 2. The minimum absolute atomic E-state index is 0.0400. The van der Waals surface area contributed by atoms with Gasteiger partial charge in [-0.05, 0) is 6.92 Å². The summed E-state index contributed by atoms with van der Waals surface area (Å²) in [5.41, 5.74) is -0.110. The average molecular weight is 202 g/mol. The number of methoxy groups -OCH3 is 1. The minimum atomic E-state index is -0.771. The van der Waals surface area contributed by atoms with E-state index in [1.807, 2.05) is 0 Å². The highest BCUT2D eigenvalue weighted by molar-refractivity contribution is 5.30. The van der Waals surface area contributed by atoms with Gasteiger partial charge in [0.1, 0.15) is 17.4 Å². The van der Waals surface area contributed by atoms with Crippen molar-refractivity contribution in [1.82, 2.24) is 0 Å². The number of ether oxygens (including phenoxy) is 1. The SMILES string of the molecule is COc1cc(F)c(C[C@@H](C)O)c(F)c1. The third-order valence-corrected chi connectivity index (χ3v) is 1.85. The summed E-state index contributed by atoms with van der Waals surface area (Å²) in [5, 5.41) is 9.02. The summed E-state index contributed by atoms with van der Waals surface area (Å²) in [6.45, 7) is 1.48. The summed E-state index contributed by atoms with van der Waals surface area (Å²) in [5.74, 6) is -1.25. The molecule has 0 aliphatic heterocycles. The van der Waals surface area contributed by atoms with Gasteiger partial charge in [-0.2, -0.15) is 0 Å². The number of hydrogen-bond acceptors (Lipinski definition) is 2. The maximum absolute atomic E-state index is 13.2. The quantitative estimate of drug-likeness (QED) is 0.811. The van der Waals surface area contributed by atoms with E-state index in [4.69, 9.17) is 9.84 Å². The first kappa shape index (κ1) is 10.9. The maximum atomic E-state index is 13.2. The van der Waals surface area contributed by atoms with Crippen molar-refractivity contribution in [3.63, 3.8) is 0 Å². The van der Waals surface area contributed by atoms with E-state index in [1.165, 1.54) is 14.0 Å². The van der Waals surface area contributed by atoms with Gasteiger partial charge in [0.2, 0.25) is 0 Å². The topological polar surface area (TPSA) is 29.5 Å². The van der Waals surface area contributed by atoms with E-state index in [0.29, 0.717) is 0 Å². The van der Waals surface area contributed by atoms with Crippen LogP contribution in [0.2, 0.25) is 0 Å². The van der Waals surface area contributed by atoms with Crippen LogP contribution in [0, 0.1) is 11.6 Å². The Morgan fingerprint density at radius 1 is 1.36 bits per heavy atom.